The third kappa shape index (κ3) is 5.66. The fraction of sp³-hybridized carbons (Fsp3) is 0.680. The Morgan fingerprint density at radius 3 is 2.71 bits per heavy atom. The molecule has 2 heterocycles. The standard InChI is InChI=1S/C25H38N4O2/c1-19(2)17-27(3)18-20-5-4-6-22(15-20)29-23(9-12-26-29)16-25(31)10-13-28(14-11-25)24(30)21-7-8-21/h4-6,12,15,19,21,23,31H,7-11,13-14,16-18H2,1-3H3. The predicted molar refractivity (Wildman–Crippen MR) is 125 cm³/mol. The number of rotatable bonds is 8. The average molecular weight is 427 g/mol. The molecule has 1 unspecified atom stereocenters. The van der Waals surface area contributed by atoms with Crippen molar-refractivity contribution in [3.05, 3.63) is 29.8 Å². The molecule has 1 aromatic carbocycles. The fourth-order valence-electron chi connectivity index (χ4n) is 5.07. The highest BCUT2D eigenvalue weighted by molar-refractivity contribution is 5.81. The summed E-state index contributed by atoms with van der Waals surface area (Å²) >= 11 is 0. The average Bonchev–Trinajstić information content (AvgIpc) is 3.47. The molecule has 2 aliphatic heterocycles. The maximum Gasteiger partial charge on any atom is 0.225 e. The number of hydrogen-bond donors (Lipinski definition) is 1. The zero-order valence-corrected chi connectivity index (χ0v) is 19.3. The summed E-state index contributed by atoms with van der Waals surface area (Å²) < 4.78 is 0. The van der Waals surface area contributed by atoms with Gasteiger partial charge >= 0.3 is 0 Å². The molecular formula is C25H38N4O2. The summed E-state index contributed by atoms with van der Waals surface area (Å²) in [5, 5.41) is 18.0. The summed E-state index contributed by atoms with van der Waals surface area (Å²) in [6.07, 6.45) is 6.92. The van der Waals surface area contributed by atoms with Gasteiger partial charge in [-0.2, -0.15) is 5.10 Å². The molecule has 0 bridgehead atoms. The van der Waals surface area contributed by atoms with Crippen LogP contribution in [-0.4, -0.2) is 65.4 Å². The molecule has 170 valence electrons. The van der Waals surface area contributed by atoms with Crippen molar-refractivity contribution in [3.8, 4) is 0 Å². The highest BCUT2D eigenvalue weighted by Crippen LogP contribution is 2.36. The third-order valence-corrected chi connectivity index (χ3v) is 6.78. The minimum Gasteiger partial charge on any atom is -0.390 e. The molecule has 0 radical (unpaired) electrons. The molecule has 1 amide bonds. The summed E-state index contributed by atoms with van der Waals surface area (Å²) in [6, 6.07) is 8.79. The van der Waals surface area contributed by atoms with Gasteiger partial charge in [-0.1, -0.05) is 26.0 Å². The van der Waals surface area contributed by atoms with Gasteiger partial charge in [0.2, 0.25) is 5.91 Å². The quantitative estimate of drug-likeness (QED) is 0.691. The molecule has 0 aromatic heterocycles. The number of hydrazone groups is 1. The van der Waals surface area contributed by atoms with Crippen LogP contribution in [0.5, 0.6) is 0 Å². The Bertz CT molecular complexity index is 796. The third-order valence-electron chi connectivity index (χ3n) is 6.78. The van der Waals surface area contributed by atoms with Crippen LogP contribution in [0.1, 0.15) is 57.9 Å². The highest BCUT2D eigenvalue weighted by atomic mass is 16.3. The second-order valence-electron chi connectivity index (χ2n) is 10.3. The van der Waals surface area contributed by atoms with Gasteiger partial charge in [0.25, 0.3) is 0 Å². The lowest BCUT2D eigenvalue weighted by Gasteiger charge is -2.40. The largest absolute Gasteiger partial charge is 0.390 e. The van der Waals surface area contributed by atoms with E-state index in [9.17, 15) is 9.90 Å². The Labute approximate surface area is 186 Å². The second-order valence-corrected chi connectivity index (χ2v) is 10.3. The molecule has 1 aromatic rings. The number of anilines is 1. The molecule has 0 spiro atoms. The molecular weight excluding hydrogens is 388 g/mol. The van der Waals surface area contributed by atoms with E-state index in [1.54, 1.807) is 0 Å². The smallest absolute Gasteiger partial charge is 0.225 e. The van der Waals surface area contributed by atoms with Gasteiger partial charge in [0.05, 0.1) is 17.3 Å². The van der Waals surface area contributed by atoms with E-state index >= 15 is 0 Å². The first-order valence-electron chi connectivity index (χ1n) is 11.9. The first kappa shape index (κ1) is 22.3. The molecule has 31 heavy (non-hydrogen) atoms. The van der Waals surface area contributed by atoms with E-state index in [0.29, 0.717) is 44.2 Å². The molecule has 1 saturated carbocycles. The lowest BCUT2D eigenvalue weighted by atomic mass is 9.84. The van der Waals surface area contributed by atoms with Crippen molar-refractivity contribution < 1.29 is 9.90 Å². The van der Waals surface area contributed by atoms with Crippen LogP contribution in [0.15, 0.2) is 29.4 Å². The first-order chi connectivity index (χ1) is 14.8. The zero-order valence-electron chi connectivity index (χ0n) is 19.3. The van der Waals surface area contributed by atoms with Gasteiger partial charge in [0, 0.05) is 44.7 Å². The lowest BCUT2D eigenvalue weighted by Crippen LogP contribution is -2.49. The van der Waals surface area contributed by atoms with Gasteiger partial charge in [-0.25, -0.2) is 0 Å². The van der Waals surface area contributed by atoms with Crippen molar-refractivity contribution in [2.24, 2.45) is 16.9 Å². The number of amides is 1. The van der Waals surface area contributed by atoms with Gasteiger partial charge in [-0.3, -0.25) is 9.80 Å². The van der Waals surface area contributed by atoms with E-state index in [1.807, 2.05) is 11.1 Å². The topological polar surface area (TPSA) is 59.4 Å². The Balaban J connectivity index is 1.36. The van der Waals surface area contributed by atoms with Crippen molar-refractivity contribution in [2.75, 3.05) is 31.7 Å². The monoisotopic (exact) mass is 426 g/mol. The number of benzene rings is 1. The number of nitrogens with zero attached hydrogens (tertiary/aromatic N) is 4. The number of hydrogen-bond acceptors (Lipinski definition) is 5. The number of piperidine rings is 1. The van der Waals surface area contributed by atoms with Crippen molar-refractivity contribution in [1.29, 1.82) is 0 Å². The maximum absolute atomic E-state index is 12.3. The van der Waals surface area contributed by atoms with Crippen LogP contribution in [0.2, 0.25) is 0 Å². The summed E-state index contributed by atoms with van der Waals surface area (Å²) in [7, 11) is 2.17. The second kappa shape index (κ2) is 9.29. The molecule has 6 heteroatoms. The minimum absolute atomic E-state index is 0.166. The van der Waals surface area contributed by atoms with Crippen molar-refractivity contribution in [1.82, 2.24) is 9.80 Å². The zero-order chi connectivity index (χ0) is 22.0. The summed E-state index contributed by atoms with van der Waals surface area (Å²) in [4.78, 5) is 16.7. The SMILES string of the molecule is CC(C)CN(C)Cc1cccc(N2N=CCC2CC2(O)CCN(C(=O)C3CC3)CC2)c1. The maximum atomic E-state index is 12.3. The minimum atomic E-state index is -0.716. The summed E-state index contributed by atoms with van der Waals surface area (Å²) in [6.45, 7) is 7.83. The molecule has 1 saturated heterocycles. The van der Waals surface area contributed by atoms with Crippen LogP contribution in [0, 0.1) is 11.8 Å². The number of aliphatic hydroxyl groups is 1. The van der Waals surface area contributed by atoms with Gasteiger partial charge in [-0.05, 0) is 62.8 Å². The van der Waals surface area contributed by atoms with E-state index in [2.05, 4.69) is 60.2 Å². The van der Waals surface area contributed by atoms with Crippen LogP contribution >= 0.6 is 0 Å². The van der Waals surface area contributed by atoms with Crippen molar-refractivity contribution in [2.45, 2.75) is 70.6 Å². The normalized spacial score (nSPS) is 23.2. The highest BCUT2D eigenvalue weighted by Gasteiger charge is 2.41. The lowest BCUT2D eigenvalue weighted by molar-refractivity contribution is -0.137. The first-order valence-corrected chi connectivity index (χ1v) is 11.9. The van der Waals surface area contributed by atoms with Crippen LogP contribution in [0.3, 0.4) is 0 Å². The van der Waals surface area contributed by atoms with E-state index in [4.69, 9.17) is 0 Å². The van der Waals surface area contributed by atoms with E-state index in [1.165, 1.54) is 5.56 Å². The Kier molecular flexibility index (Phi) is 6.68. The molecule has 1 aliphatic carbocycles. The van der Waals surface area contributed by atoms with Gasteiger partial charge < -0.3 is 14.9 Å². The molecule has 3 aliphatic rings. The Hall–Kier alpha value is -1.92. The number of carbonyl (C=O) groups is 1. The van der Waals surface area contributed by atoms with Gasteiger partial charge in [0.1, 0.15) is 0 Å². The van der Waals surface area contributed by atoms with E-state index < -0.39 is 5.60 Å². The fourth-order valence-corrected chi connectivity index (χ4v) is 5.07. The summed E-state index contributed by atoms with van der Waals surface area (Å²) in [5.41, 5.74) is 1.66. The van der Waals surface area contributed by atoms with Crippen molar-refractivity contribution >= 4 is 17.8 Å². The van der Waals surface area contributed by atoms with Crippen LogP contribution in [0.4, 0.5) is 5.69 Å². The van der Waals surface area contributed by atoms with E-state index in [-0.39, 0.29) is 12.0 Å². The predicted octanol–water partition coefficient (Wildman–Crippen LogP) is 3.49. The van der Waals surface area contributed by atoms with Crippen molar-refractivity contribution in [3.63, 3.8) is 0 Å². The molecule has 6 nitrogen and oxygen atoms in total. The van der Waals surface area contributed by atoms with Crippen LogP contribution in [0.25, 0.3) is 0 Å². The number of carbonyl (C=O) groups excluding carboxylic acids is 1. The Morgan fingerprint density at radius 1 is 1.29 bits per heavy atom. The molecule has 4 rings (SSSR count). The molecule has 1 N–H and O–H groups in total. The number of likely N-dealkylation sites (tertiary alicyclic amines) is 1. The van der Waals surface area contributed by atoms with Crippen LogP contribution in [-0.2, 0) is 11.3 Å². The van der Waals surface area contributed by atoms with Crippen LogP contribution < -0.4 is 5.01 Å². The molecule has 1 atom stereocenters. The van der Waals surface area contributed by atoms with E-state index in [0.717, 1.165) is 38.0 Å². The summed E-state index contributed by atoms with van der Waals surface area (Å²) in [5.74, 6) is 1.20. The Morgan fingerprint density at radius 2 is 2.03 bits per heavy atom. The van der Waals surface area contributed by atoms with Gasteiger partial charge in [-0.15, -0.1) is 0 Å². The van der Waals surface area contributed by atoms with Gasteiger partial charge in [0.15, 0.2) is 0 Å². The molecule has 2 fully saturated rings.